The molecule has 2 aliphatic rings. The number of allylic oxidation sites excluding steroid dienone is 1. The lowest BCUT2D eigenvalue weighted by atomic mass is 10.1. The first kappa shape index (κ1) is 7.35. The third-order valence-corrected chi connectivity index (χ3v) is 3.60. The van der Waals surface area contributed by atoms with E-state index in [2.05, 4.69) is 37.9 Å². The molecule has 0 spiro atoms. The minimum atomic E-state index is 0.599. The Morgan fingerprint density at radius 2 is 2.27 bits per heavy atom. The summed E-state index contributed by atoms with van der Waals surface area (Å²) in [6.07, 6.45) is 4.73. The van der Waals surface area contributed by atoms with Gasteiger partial charge in [0, 0.05) is 13.1 Å². The summed E-state index contributed by atoms with van der Waals surface area (Å²) in [5.74, 6) is 1.77. The highest BCUT2D eigenvalue weighted by atomic mass is 15.1. The van der Waals surface area contributed by atoms with Gasteiger partial charge in [-0.15, -0.1) is 0 Å². The van der Waals surface area contributed by atoms with E-state index in [0.29, 0.717) is 5.41 Å². The van der Waals surface area contributed by atoms with Crippen LogP contribution < -0.4 is 0 Å². The zero-order chi connectivity index (χ0) is 8.06. The molecule has 62 valence electrons. The second-order valence-corrected chi connectivity index (χ2v) is 4.45. The largest absolute Gasteiger partial charge is 0.302 e. The van der Waals surface area contributed by atoms with E-state index in [1.807, 2.05) is 0 Å². The van der Waals surface area contributed by atoms with Crippen molar-refractivity contribution < 1.29 is 0 Å². The molecule has 0 radical (unpaired) electrons. The van der Waals surface area contributed by atoms with Crippen molar-refractivity contribution in [2.75, 3.05) is 20.1 Å². The van der Waals surface area contributed by atoms with E-state index in [1.54, 1.807) is 0 Å². The Hall–Kier alpha value is -0.300. The van der Waals surface area contributed by atoms with E-state index < -0.39 is 0 Å². The molecule has 1 nitrogen and oxygen atoms in total. The fraction of sp³-hybridized carbons (Fsp3) is 0.800. The number of hydrogen-bond acceptors (Lipinski definition) is 1. The highest BCUT2D eigenvalue weighted by Gasteiger charge is 2.57. The molecule has 1 heterocycles. The maximum atomic E-state index is 2.42. The number of fused-ring (bicyclic) bond motifs is 1. The molecule has 0 amide bonds. The van der Waals surface area contributed by atoms with Crippen LogP contribution in [0.5, 0.6) is 0 Å². The van der Waals surface area contributed by atoms with Gasteiger partial charge in [-0.3, -0.25) is 0 Å². The lowest BCUT2D eigenvalue weighted by Crippen LogP contribution is -2.25. The highest BCUT2D eigenvalue weighted by molar-refractivity contribution is 5.17. The molecule has 0 saturated heterocycles. The quantitative estimate of drug-likeness (QED) is 0.477. The van der Waals surface area contributed by atoms with Crippen molar-refractivity contribution >= 4 is 0 Å². The van der Waals surface area contributed by atoms with E-state index in [4.69, 9.17) is 0 Å². The van der Waals surface area contributed by atoms with Crippen molar-refractivity contribution in [2.45, 2.75) is 13.8 Å². The monoisotopic (exact) mass is 151 g/mol. The zero-order valence-corrected chi connectivity index (χ0v) is 7.67. The second-order valence-electron chi connectivity index (χ2n) is 4.45. The van der Waals surface area contributed by atoms with Crippen molar-refractivity contribution in [1.29, 1.82) is 0 Å². The van der Waals surface area contributed by atoms with E-state index in [9.17, 15) is 0 Å². The third kappa shape index (κ3) is 0.943. The molecule has 11 heavy (non-hydrogen) atoms. The maximum absolute atomic E-state index is 2.42. The number of rotatable bonds is 0. The first-order valence-electron chi connectivity index (χ1n) is 4.50. The molecule has 1 saturated carbocycles. The lowest BCUT2D eigenvalue weighted by molar-refractivity contribution is 0.287. The summed E-state index contributed by atoms with van der Waals surface area (Å²) in [4.78, 5) is 2.42. The highest BCUT2D eigenvalue weighted by Crippen LogP contribution is 2.59. The Morgan fingerprint density at radius 1 is 1.55 bits per heavy atom. The molecule has 0 N–H and O–H groups in total. The molecule has 3 atom stereocenters. The van der Waals surface area contributed by atoms with Crippen molar-refractivity contribution in [2.24, 2.45) is 17.3 Å². The van der Waals surface area contributed by atoms with Crippen LogP contribution in [0.15, 0.2) is 12.2 Å². The van der Waals surface area contributed by atoms with Gasteiger partial charge in [-0.25, -0.2) is 0 Å². The van der Waals surface area contributed by atoms with Crippen LogP contribution in [0.4, 0.5) is 0 Å². The summed E-state index contributed by atoms with van der Waals surface area (Å²) in [6, 6.07) is 0. The van der Waals surface area contributed by atoms with E-state index in [-0.39, 0.29) is 0 Å². The summed E-state index contributed by atoms with van der Waals surface area (Å²) < 4.78 is 0. The molecule has 2 rings (SSSR count). The Balaban J connectivity index is 2.17. The van der Waals surface area contributed by atoms with Gasteiger partial charge in [0.25, 0.3) is 0 Å². The Morgan fingerprint density at radius 3 is 3.00 bits per heavy atom. The fourth-order valence-corrected chi connectivity index (χ4v) is 2.51. The van der Waals surface area contributed by atoms with Crippen molar-refractivity contribution in [3.05, 3.63) is 12.2 Å². The van der Waals surface area contributed by atoms with Crippen LogP contribution >= 0.6 is 0 Å². The average molecular weight is 151 g/mol. The average Bonchev–Trinajstić information content (AvgIpc) is 2.46. The van der Waals surface area contributed by atoms with Gasteiger partial charge in [0.2, 0.25) is 0 Å². The molecule has 0 bridgehead atoms. The van der Waals surface area contributed by atoms with Gasteiger partial charge >= 0.3 is 0 Å². The molecular formula is C10H17N. The molecule has 1 aliphatic heterocycles. The van der Waals surface area contributed by atoms with Gasteiger partial charge in [0.1, 0.15) is 0 Å². The van der Waals surface area contributed by atoms with Crippen LogP contribution in [0.2, 0.25) is 0 Å². The molecule has 0 aromatic carbocycles. The molecule has 0 aromatic heterocycles. The Labute approximate surface area is 69.1 Å². The molecule has 1 fully saturated rings. The van der Waals surface area contributed by atoms with Gasteiger partial charge < -0.3 is 4.90 Å². The van der Waals surface area contributed by atoms with Gasteiger partial charge in [-0.2, -0.15) is 0 Å². The van der Waals surface area contributed by atoms with Crippen LogP contribution in [-0.4, -0.2) is 25.0 Å². The number of hydrogen-bond donors (Lipinski definition) is 0. The van der Waals surface area contributed by atoms with Crippen molar-refractivity contribution in [3.8, 4) is 0 Å². The van der Waals surface area contributed by atoms with Crippen LogP contribution in [0.25, 0.3) is 0 Å². The minimum Gasteiger partial charge on any atom is -0.302 e. The third-order valence-electron chi connectivity index (χ3n) is 3.60. The SMILES string of the molecule is CC1C2C=CCN(C)CC12C. The predicted octanol–water partition coefficient (Wildman–Crippen LogP) is 1.76. The van der Waals surface area contributed by atoms with Crippen LogP contribution in [0.3, 0.4) is 0 Å². The second kappa shape index (κ2) is 2.10. The predicted molar refractivity (Wildman–Crippen MR) is 47.4 cm³/mol. The molecule has 3 unspecified atom stereocenters. The molecule has 1 heteroatoms. The summed E-state index contributed by atoms with van der Waals surface area (Å²) in [6.45, 7) is 7.19. The molecule has 1 aliphatic carbocycles. The standard InChI is InChI=1S/C10H17N/c1-8-9-5-4-6-11(3)7-10(8,9)2/h4-5,8-9H,6-7H2,1-3H3. The topological polar surface area (TPSA) is 3.24 Å². The Kier molecular flexibility index (Phi) is 1.40. The smallest absolute Gasteiger partial charge is 0.0160 e. The normalized spacial score (nSPS) is 50.1. The van der Waals surface area contributed by atoms with Crippen LogP contribution in [0.1, 0.15) is 13.8 Å². The lowest BCUT2D eigenvalue weighted by Gasteiger charge is -2.18. The van der Waals surface area contributed by atoms with Crippen LogP contribution in [0, 0.1) is 17.3 Å². The number of likely N-dealkylation sites (N-methyl/N-ethyl adjacent to an activating group) is 1. The molecule has 0 aromatic rings. The summed E-state index contributed by atoms with van der Waals surface area (Å²) in [5, 5.41) is 0. The minimum absolute atomic E-state index is 0.599. The fourth-order valence-electron chi connectivity index (χ4n) is 2.51. The van der Waals surface area contributed by atoms with Gasteiger partial charge in [-0.1, -0.05) is 26.0 Å². The summed E-state index contributed by atoms with van der Waals surface area (Å²) in [7, 11) is 2.21. The van der Waals surface area contributed by atoms with E-state index in [1.165, 1.54) is 6.54 Å². The zero-order valence-electron chi connectivity index (χ0n) is 7.67. The van der Waals surface area contributed by atoms with Crippen molar-refractivity contribution in [3.63, 3.8) is 0 Å². The van der Waals surface area contributed by atoms with Crippen LogP contribution in [-0.2, 0) is 0 Å². The summed E-state index contributed by atoms with van der Waals surface area (Å²) in [5.41, 5.74) is 0.599. The first-order valence-corrected chi connectivity index (χ1v) is 4.50. The van der Waals surface area contributed by atoms with Gasteiger partial charge in [-0.05, 0) is 24.3 Å². The summed E-state index contributed by atoms with van der Waals surface area (Å²) >= 11 is 0. The van der Waals surface area contributed by atoms with E-state index >= 15 is 0 Å². The number of nitrogens with zero attached hydrogens (tertiary/aromatic N) is 1. The van der Waals surface area contributed by atoms with Gasteiger partial charge in [0.05, 0.1) is 0 Å². The molecular weight excluding hydrogens is 134 g/mol. The van der Waals surface area contributed by atoms with Gasteiger partial charge in [0.15, 0.2) is 0 Å². The Bertz CT molecular complexity index is 197. The maximum Gasteiger partial charge on any atom is 0.0160 e. The van der Waals surface area contributed by atoms with Crippen molar-refractivity contribution in [1.82, 2.24) is 4.90 Å². The van der Waals surface area contributed by atoms with E-state index in [0.717, 1.165) is 18.4 Å². The first-order chi connectivity index (χ1) is 5.14.